The Bertz CT molecular complexity index is 1100. The highest BCUT2D eigenvalue weighted by molar-refractivity contribution is 6.09. The second kappa shape index (κ2) is 8.15. The molecule has 0 saturated carbocycles. The van der Waals surface area contributed by atoms with Crippen LogP contribution in [-0.4, -0.2) is 11.6 Å². The number of nitrogens with one attached hydrogen (secondary N) is 1. The lowest BCUT2D eigenvalue weighted by atomic mass is 9.80. The maximum absolute atomic E-state index is 11.9. The van der Waals surface area contributed by atoms with Crippen LogP contribution in [0.15, 0.2) is 71.9 Å². The first-order valence-corrected chi connectivity index (χ1v) is 10.2. The van der Waals surface area contributed by atoms with Crippen molar-refractivity contribution in [2.75, 3.05) is 5.32 Å². The fraction of sp³-hybridized carbons (Fsp3) is 0.231. The first-order valence-electron chi connectivity index (χ1n) is 10.2. The van der Waals surface area contributed by atoms with Crippen LogP contribution in [0.2, 0.25) is 0 Å². The van der Waals surface area contributed by atoms with E-state index in [4.69, 9.17) is 4.84 Å². The Hall–Kier alpha value is -3.40. The number of hydrogen-bond donors (Lipinski definition) is 1. The SMILES string of the molecule is CC(=O)Nc1ccccc1[C@@H]1C(c2c(C)cc(C)cc2C)=NO[C@H]1c1ccccc1. The molecule has 2 atom stereocenters. The van der Waals surface area contributed by atoms with Crippen molar-refractivity contribution in [1.82, 2.24) is 0 Å². The Morgan fingerprint density at radius 1 is 0.933 bits per heavy atom. The first-order chi connectivity index (χ1) is 14.5. The van der Waals surface area contributed by atoms with Crippen molar-refractivity contribution in [3.63, 3.8) is 0 Å². The summed E-state index contributed by atoms with van der Waals surface area (Å²) in [6.07, 6.45) is -0.267. The number of oxime groups is 1. The quantitative estimate of drug-likeness (QED) is 0.601. The van der Waals surface area contributed by atoms with Crippen LogP contribution in [0.25, 0.3) is 0 Å². The third-order valence-corrected chi connectivity index (χ3v) is 5.53. The molecular weight excluding hydrogens is 372 g/mol. The molecule has 3 aromatic carbocycles. The molecule has 0 unspecified atom stereocenters. The topological polar surface area (TPSA) is 50.7 Å². The molecule has 4 nitrogen and oxygen atoms in total. The number of carbonyl (C=O) groups is 1. The molecule has 0 aromatic heterocycles. The van der Waals surface area contributed by atoms with E-state index in [2.05, 4.69) is 61.6 Å². The lowest BCUT2D eigenvalue weighted by Gasteiger charge is -2.24. The zero-order chi connectivity index (χ0) is 21.3. The highest BCUT2D eigenvalue weighted by atomic mass is 16.6. The van der Waals surface area contributed by atoms with Crippen LogP contribution in [0.1, 0.15) is 52.3 Å². The molecule has 0 aliphatic carbocycles. The largest absolute Gasteiger partial charge is 0.386 e. The summed E-state index contributed by atoms with van der Waals surface area (Å²) in [5.74, 6) is -0.241. The maximum Gasteiger partial charge on any atom is 0.221 e. The number of aryl methyl sites for hydroxylation is 3. The Morgan fingerprint density at radius 3 is 2.23 bits per heavy atom. The molecule has 30 heavy (non-hydrogen) atoms. The molecule has 1 aliphatic heterocycles. The van der Waals surface area contributed by atoms with Crippen molar-refractivity contribution in [1.29, 1.82) is 0 Å². The zero-order valence-electron chi connectivity index (χ0n) is 17.8. The molecule has 0 bridgehead atoms. The van der Waals surface area contributed by atoms with Crippen LogP contribution < -0.4 is 5.32 Å². The summed E-state index contributed by atoms with van der Waals surface area (Å²) in [6, 6.07) is 22.4. The first kappa shape index (κ1) is 19.9. The third-order valence-electron chi connectivity index (χ3n) is 5.53. The van der Waals surface area contributed by atoms with Gasteiger partial charge < -0.3 is 10.2 Å². The van der Waals surface area contributed by atoms with E-state index >= 15 is 0 Å². The van der Waals surface area contributed by atoms with Crippen LogP contribution in [0, 0.1) is 20.8 Å². The maximum atomic E-state index is 11.9. The Labute approximate surface area is 177 Å². The number of para-hydroxylation sites is 1. The zero-order valence-corrected chi connectivity index (χ0v) is 17.8. The molecule has 0 spiro atoms. The molecule has 1 heterocycles. The summed E-state index contributed by atoms with van der Waals surface area (Å²) in [4.78, 5) is 17.9. The van der Waals surface area contributed by atoms with Gasteiger partial charge in [0.2, 0.25) is 5.91 Å². The van der Waals surface area contributed by atoms with Gasteiger partial charge in [-0.3, -0.25) is 4.79 Å². The normalized spacial score (nSPS) is 17.9. The molecule has 0 fully saturated rings. The van der Waals surface area contributed by atoms with Gasteiger partial charge >= 0.3 is 0 Å². The monoisotopic (exact) mass is 398 g/mol. The third kappa shape index (κ3) is 3.73. The number of amides is 1. The van der Waals surface area contributed by atoms with Crippen molar-refractivity contribution in [3.8, 4) is 0 Å². The van der Waals surface area contributed by atoms with Gasteiger partial charge in [0.05, 0.1) is 11.6 Å². The smallest absolute Gasteiger partial charge is 0.221 e. The van der Waals surface area contributed by atoms with Gasteiger partial charge in [-0.1, -0.05) is 71.4 Å². The van der Waals surface area contributed by atoms with Crippen molar-refractivity contribution in [3.05, 3.63) is 100 Å². The highest BCUT2D eigenvalue weighted by Gasteiger charge is 2.39. The minimum absolute atomic E-state index is 0.0983. The Morgan fingerprint density at radius 2 is 1.57 bits per heavy atom. The highest BCUT2D eigenvalue weighted by Crippen LogP contribution is 2.45. The van der Waals surface area contributed by atoms with Gasteiger partial charge in [-0.2, -0.15) is 0 Å². The second-order valence-corrected chi connectivity index (χ2v) is 7.93. The van der Waals surface area contributed by atoms with Crippen molar-refractivity contribution in [2.24, 2.45) is 5.16 Å². The number of nitrogens with zero attached hydrogens (tertiary/aromatic N) is 1. The number of benzene rings is 3. The lowest BCUT2D eigenvalue weighted by Crippen LogP contribution is -2.20. The van der Waals surface area contributed by atoms with E-state index in [0.717, 1.165) is 28.1 Å². The van der Waals surface area contributed by atoms with Crippen LogP contribution >= 0.6 is 0 Å². The number of hydrogen-bond acceptors (Lipinski definition) is 3. The predicted octanol–water partition coefficient (Wildman–Crippen LogP) is 5.83. The summed E-state index contributed by atoms with van der Waals surface area (Å²) in [5.41, 5.74) is 8.42. The van der Waals surface area contributed by atoms with E-state index in [9.17, 15) is 4.79 Å². The molecule has 0 saturated heterocycles. The molecule has 0 radical (unpaired) electrons. The molecule has 1 N–H and O–H groups in total. The fourth-order valence-corrected chi connectivity index (χ4v) is 4.44. The van der Waals surface area contributed by atoms with Gasteiger partial charge in [-0.05, 0) is 49.1 Å². The van der Waals surface area contributed by atoms with Crippen molar-refractivity contribution in [2.45, 2.75) is 39.7 Å². The average molecular weight is 399 g/mol. The van der Waals surface area contributed by atoms with Crippen molar-refractivity contribution < 1.29 is 9.63 Å². The van der Waals surface area contributed by atoms with E-state index < -0.39 is 0 Å². The van der Waals surface area contributed by atoms with Gasteiger partial charge in [0.15, 0.2) is 6.10 Å². The predicted molar refractivity (Wildman–Crippen MR) is 121 cm³/mol. The number of carbonyl (C=O) groups excluding carboxylic acids is 1. The van der Waals surface area contributed by atoms with Crippen LogP contribution in [0.4, 0.5) is 5.69 Å². The van der Waals surface area contributed by atoms with Gasteiger partial charge in [0.1, 0.15) is 0 Å². The minimum atomic E-state index is -0.267. The van der Waals surface area contributed by atoms with E-state index in [1.54, 1.807) is 0 Å². The molecular formula is C26H26N2O2. The summed E-state index contributed by atoms with van der Waals surface area (Å²) in [6.45, 7) is 7.86. The number of anilines is 1. The minimum Gasteiger partial charge on any atom is -0.386 e. The summed E-state index contributed by atoms with van der Waals surface area (Å²) in [7, 11) is 0. The Balaban J connectivity index is 1.89. The van der Waals surface area contributed by atoms with E-state index in [0.29, 0.717) is 0 Å². The van der Waals surface area contributed by atoms with Gasteiger partial charge in [-0.25, -0.2) is 0 Å². The van der Waals surface area contributed by atoms with Crippen molar-refractivity contribution >= 4 is 17.3 Å². The van der Waals surface area contributed by atoms with Crippen LogP contribution in [0.5, 0.6) is 0 Å². The molecule has 4 rings (SSSR count). The standard InChI is InChI=1S/C26H26N2O2/c1-16-14-17(2)23(18(3)15-16)25-24(21-12-8-9-13-22(21)27-19(4)29)26(30-28-25)20-10-6-5-7-11-20/h5-15,24,26H,1-4H3,(H,27,29)/t24-,26+/m1/s1. The van der Waals surface area contributed by atoms with Gasteiger partial charge in [0, 0.05) is 18.2 Å². The molecule has 1 aliphatic rings. The summed E-state index contributed by atoms with van der Waals surface area (Å²) < 4.78 is 0. The molecule has 152 valence electrons. The van der Waals surface area contributed by atoms with E-state index in [-0.39, 0.29) is 17.9 Å². The van der Waals surface area contributed by atoms with E-state index in [1.807, 2.05) is 36.4 Å². The lowest BCUT2D eigenvalue weighted by molar-refractivity contribution is -0.114. The molecule has 3 aromatic rings. The van der Waals surface area contributed by atoms with Gasteiger partial charge in [0.25, 0.3) is 0 Å². The summed E-state index contributed by atoms with van der Waals surface area (Å²) in [5, 5.41) is 7.58. The molecule has 4 heteroatoms. The fourth-order valence-electron chi connectivity index (χ4n) is 4.44. The van der Waals surface area contributed by atoms with Gasteiger partial charge in [-0.15, -0.1) is 0 Å². The van der Waals surface area contributed by atoms with E-state index in [1.165, 1.54) is 23.6 Å². The Kier molecular flexibility index (Phi) is 5.40. The second-order valence-electron chi connectivity index (χ2n) is 7.93. The van der Waals surface area contributed by atoms with Crippen LogP contribution in [-0.2, 0) is 9.63 Å². The van der Waals surface area contributed by atoms with Crippen LogP contribution in [0.3, 0.4) is 0 Å². The molecule has 1 amide bonds. The summed E-state index contributed by atoms with van der Waals surface area (Å²) >= 11 is 0. The average Bonchev–Trinajstić information content (AvgIpc) is 3.12. The number of rotatable bonds is 4.